The maximum atomic E-state index is 14.2. The SMILES string of the molecule is Cn1cnnc1-c1cc(F)ccc1-c1cccc(-c2nc3cc(CN[C@H]4CC[C@@H]4O)cc(C(F)(F)F)c3o2)c1. The van der Waals surface area contributed by atoms with Crippen molar-refractivity contribution in [2.24, 2.45) is 7.05 Å². The van der Waals surface area contributed by atoms with Gasteiger partial charge in [-0.1, -0.05) is 18.2 Å². The van der Waals surface area contributed by atoms with Crippen LogP contribution in [0, 0.1) is 5.82 Å². The van der Waals surface area contributed by atoms with Gasteiger partial charge in [0.15, 0.2) is 11.4 Å². The highest BCUT2D eigenvalue weighted by molar-refractivity contribution is 5.84. The van der Waals surface area contributed by atoms with Gasteiger partial charge in [0.1, 0.15) is 23.2 Å². The number of hydrogen-bond acceptors (Lipinski definition) is 6. The van der Waals surface area contributed by atoms with Gasteiger partial charge in [-0.3, -0.25) is 0 Å². The summed E-state index contributed by atoms with van der Waals surface area (Å²) in [5.41, 5.74) is 1.52. The predicted octanol–water partition coefficient (Wildman–Crippen LogP) is 5.73. The summed E-state index contributed by atoms with van der Waals surface area (Å²) in [6.45, 7) is 0.161. The van der Waals surface area contributed by atoms with Crippen LogP contribution in [0.2, 0.25) is 0 Å². The average Bonchev–Trinajstić information content (AvgIpc) is 3.53. The molecule has 0 unspecified atom stereocenters. The third-order valence-corrected chi connectivity index (χ3v) is 7.02. The van der Waals surface area contributed by atoms with Gasteiger partial charge in [-0.05, 0) is 65.9 Å². The third-order valence-electron chi connectivity index (χ3n) is 7.02. The van der Waals surface area contributed by atoms with Crippen molar-refractivity contribution in [1.82, 2.24) is 25.1 Å². The molecule has 0 bridgehead atoms. The highest BCUT2D eigenvalue weighted by Gasteiger charge is 2.36. The number of alkyl halides is 3. The van der Waals surface area contributed by atoms with Gasteiger partial charge in [-0.2, -0.15) is 13.2 Å². The van der Waals surface area contributed by atoms with Gasteiger partial charge in [-0.15, -0.1) is 10.2 Å². The lowest BCUT2D eigenvalue weighted by Crippen LogP contribution is -2.47. The van der Waals surface area contributed by atoms with Crippen LogP contribution in [-0.4, -0.2) is 37.0 Å². The van der Waals surface area contributed by atoms with Crippen LogP contribution in [0.25, 0.3) is 45.1 Å². The van der Waals surface area contributed by atoms with Gasteiger partial charge in [0, 0.05) is 30.8 Å². The Bertz CT molecular complexity index is 1680. The second-order valence-electron chi connectivity index (χ2n) is 9.68. The van der Waals surface area contributed by atoms with E-state index in [0.29, 0.717) is 40.1 Å². The zero-order valence-corrected chi connectivity index (χ0v) is 20.7. The zero-order chi connectivity index (χ0) is 27.3. The molecule has 2 atom stereocenters. The first-order valence-electron chi connectivity index (χ1n) is 12.3. The number of aromatic nitrogens is 4. The van der Waals surface area contributed by atoms with E-state index < -0.39 is 23.7 Å². The molecule has 7 nitrogen and oxygen atoms in total. The van der Waals surface area contributed by atoms with E-state index in [1.54, 1.807) is 48.0 Å². The van der Waals surface area contributed by atoms with Crippen LogP contribution in [-0.2, 0) is 19.8 Å². The van der Waals surface area contributed by atoms with Crippen LogP contribution in [0.15, 0.2) is 65.3 Å². The summed E-state index contributed by atoms with van der Waals surface area (Å²) in [6.07, 6.45) is -2.19. The van der Waals surface area contributed by atoms with Crippen molar-refractivity contribution in [2.45, 2.75) is 37.7 Å². The molecule has 3 aromatic carbocycles. The molecule has 1 fully saturated rings. The molecule has 2 N–H and O–H groups in total. The summed E-state index contributed by atoms with van der Waals surface area (Å²) in [7, 11) is 1.75. The number of nitrogens with one attached hydrogen (secondary N) is 1. The van der Waals surface area contributed by atoms with Crippen molar-refractivity contribution in [2.75, 3.05) is 0 Å². The number of benzene rings is 3. The Hall–Kier alpha value is -4.09. The van der Waals surface area contributed by atoms with Crippen molar-refractivity contribution in [3.05, 3.63) is 77.9 Å². The van der Waals surface area contributed by atoms with Gasteiger partial charge in [0.2, 0.25) is 5.89 Å². The zero-order valence-electron chi connectivity index (χ0n) is 20.7. The fraction of sp³-hybridized carbons (Fsp3) is 0.250. The lowest BCUT2D eigenvalue weighted by Gasteiger charge is -2.33. The largest absolute Gasteiger partial charge is 0.435 e. The number of aliphatic hydroxyl groups excluding tert-OH is 1. The van der Waals surface area contributed by atoms with Crippen LogP contribution in [0.1, 0.15) is 24.0 Å². The molecule has 1 aliphatic rings. The first-order chi connectivity index (χ1) is 18.7. The molecule has 1 aliphatic carbocycles. The average molecular weight is 538 g/mol. The topological polar surface area (TPSA) is 89.0 Å². The van der Waals surface area contributed by atoms with Crippen LogP contribution in [0.4, 0.5) is 17.6 Å². The third kappa shape index (κ3) is 4.79. The molecule has 39 heavy (non-hydrogen) atoms. The fourth-order valence-corrected chi connectivity index (χ4v) is 4.80. The number of oxazole rings is 1. The maximum absolute atomic E-state index is 14.2. The first-order valence-corrected chi connectivity index (χ1v) is 12.3. The Balaban J connectivity index is 1.40. The normalized spacial score (nSPS) is 17.5. The molecule has 11 heteroatoms. The van der Waals surface area contributed by atoms with Gasteiger partial charge < -0.3 is 19.4 Å². The van der Waals surface area contributed by atoms with E-state index in [4.69, 9.17) is 4.42 Å². The van der Waals surface area contributed by atoms with Crippen LogP contribution >= 0.6 is 0 Å². The number of hydrogen-bond donors (Lipinski definition) is 2. The summed E-state index contributed by atoms with van der Waals surface area (Å²) < 4.78 is 63.5. The Kier molecular flexibility index (Phi) is 6.19. The molecule has 200 valence electrons. The van der Waals surface area contributed by atoms with Gasteiger partial charge in [0.05, 0.1) is 6.10 Å². The van der Waals surface area contributed by atoms with E-state index >= 15 is 0 Å². The molecule has 6 rings (SSSR count). The minimum Gasteiger partial charge on any atom is -0.435 e. The number of aliphatic hydroxyl groups is 1. The van der Waals surface area contributed by atoms with Crippen molar-refractivity contribution < 1.29 is 27.1 Å². The molecule has 0 amide bonds. The van der Waals surface area contributed by atoms with E-state index in [9.17, 15) is 22.7 Å². The van der Waals surface area contributed by atoms with Crippen molar-refractivity contribution in [1.29, 1.82) is 0 Å². The quantitative estimate of drug-likeness (QED) is 0.269. The van der Waals surface area contributed by atoms with E-state index in [1.165, 1.54) is 18.5 Å². The highest BCUT2D eigenvalue weighted by Crippen LogP contribution is 2.39. The van der Waals surface area contributed by atoms with Gasteiger partial charge in [0.25, 0.3) is 0 Å². The lowest BCUT2D eigenvalue weighted by atomic mass is 9.89. The van der Waals surface area contributed by atoms with Crippen LogP contribution in [0.3, 0.4) is 0 Å². The molecule has 1 saturated carbocycles. The smallest absolute Gasteiger partial charge is 0.420 e. The first kappa shape index (κ1) is 25.2. The fourth-order valence-electron chi connectivity index (χ4n) is 4.80. The Morgan fingerprint density at radius 1 is 1.05 bits per heavy atom. The molecule has 0 spiro atoms. The van der Waals surface area contributed by atoms with E-state index in [0.717, 1.165) is 12.5 Å². The predicted molar refractivity (Wildman–Crippen MR) is 136 cm³/mol. The minimum absolute atomic E-state index is 0.0270. The van der Waals surface area contributed by atoms with E-state index in [2.05, 4.69) is 20.5 Å². The number of aryl methyl sites for hydroxylation is 1. The van der Waals surface area contributed by atoms with Crippen molar-refractivity contribution in [3.8, 4) is 34.0 Å². The van der Waals surface area contributed by atoms with Gasteiger partial charge >= 0.3 is 6.18 Å². The molecule has 2 aromatic heterocycles. The standard InChI is InChI=1S/C28H23F4N5O2/c1-37-14-34-36-26(37)20-12-18(29)5-6-19(20)16-3-2-4-17(11-16)27-35-23-10-15(13-33-22-7-8-24(22)38)9-21(25(23)39-27)28(30,31)32/h2-6,9-12,14,22,24,33,38H,7-8,13H2,1H3/t22-,24-/m0/s1. The second kappa shape index (κ2) is 9.58. The van der Waals surface area contributed by atoms with Crippen LogP contribution in [0.5, 0.6) is 0 Å². The van der Waals surface area contributed by atoms with Crippen LogP contribution < -0.4 is 5.32 Å². The molecule has 0 radical (unpaired) electrons. The molecule has 0 aliphatic heterocycles. The molecule has 0 saturated heterocycles. The van der Waals surface area contributed by atoms with E-state index in [1.807, 2.05) is 0 Å². The van der Waals surface area contributed by atoms with Gasteiger partial charge in [-0.25, -0.2) is 9.37 Å². The number of nitrogens with zero attached hydrogens (tertiary/aromatic N) is 4. The summed E-state index contributed by atoms with van der Waals surface area (Å²) in [6, 6.07) is 13.7. The summed E-state index contributed by atoms with van der Waals surface area (Å²) in [4.78, 5) is 4.40. The number of rotatable bonds is 6. The van der Waals surface area contributed by atoms with Crippen molar-refractivity contribution in [3.63, 3.8) is 0 Å². The molecular formula is C28H23F4N5O2. The van der Waals surface area contributed by atoms with E-state index in [-0.39, 0.29) is 29.6 Å². The molecule has 5 aromatic rings. The summed E-state index contributed by atoms with van der Waals surface area (Å²) >= 11 is 0. The van der Waals surface area contributed by atoms with Crippen molar-refractivity contribution >= 4 is 11.1 Å². The maximum Gasteiger partial charge on any atom is 0.420 e. The Labute approximate surface area is 220 Å². The number of halogens is 4. The Morgan fingerprint density at radius 2 is 1.87 bits per heavy atom. The monoisotopic (exact) mass is 537 g/mol. The summed E-state index contributed by atoms with van der Waals surface area (Å²) in [5.74, 6) is 0.0463. The highest BCUT2D eigenvalue weighted by atomic mass is 19.4. The second-order valence-corrected chi connectivity index (χ2v) is 9.68. The Morgan fingerprint density at radius 3 is 2.56 bits per heavy atom. The number of fused-ring (bicyclic) bond motifs is 1. The molecular weight excluding hydrogens is 514 g/mol. The summed E-state index contributed by atoms with van der Waals surface area (Å²) in [5, 5.41) is 20.9. The minimum atomic E-state index is -4.65. The molecule has 2 heterocycles. The lowest BCUT2D eigenvalue weighted by molar-refractivity contribution is -0.136.